The van der Waals surface area contributed by atoms with Crippen molar-refractivity contribution in [1.29, 1.82) is 0 Å². The second-order valence-corrected chi connectivity index (χ2v) is 6.29. The standard InChI is InChI=1S/C10H16N2O4S2/c1-11-5-3-7-18(14,15)12-8-4-6-17-9(8)10(13)16-2/h4,6,11-12H,3,5,7H2,1-2H3. The van der Waals surface area contributed by atoms with Crippen LogP contribution in [0.25, 0.3) is 0 Å². The van der Waals surface area contributed by atoms with E-state index in [4.69, 9.17) is 0 Å². The zero-order valence-electron chi connectivity index (χ0n) is 10.2. The SMILES string of the molecule is CNCCCS(=O)(=O)Nc1ccsc1C(=O)OC. The Morgan fingerprint density at radius 1 is 1.50 bits per heavy atom. The maximum atomic E-state index is 11.7. The summed E-state index contributed by atoms with van der Waals surface area (Å²) in [5.74, 6) is -0.539. The lowest BCUT2D eigenvalue weighted by molar-refractivity contribution is 0.0607. The number of hydrogen-bond donors (Lipinski definition) is 2. The van der Waals surface area contributed by atoms with E-state index < -0.39 is 16.0 Å². The number of rotatable bonds is 7. The van der Waals surface area contributed by atoms with Crippen molar-refractivity contribution in [3.8, 4) is 0 Å². The largest absolute Gasteiger partial charge is 0.465 e. The van der Waals surface area contributed by atoms with Crippen LogP contribution in [0.5, 0.6) is 0 Å². The van der Waals surface area contributed by atoms with Crippen LogP contribution in [0.15, 0.2) is 11.4 Å². The molecule has 2 N–H and O–H groups in total. The molecule has 0 aliphatic rings. The molecule has 0 unspecified atom stereocenters. The number of anilines is 1. The Morgan fingerprint density at radius 3 is 2.83 bits per heavy atom. The summed E-state index contributed by atoms with van der Waals surface area (Å²) in [6.07, 6.45) is 0.504. The van der Waals surface area contributed by atoms with Crippen LogP contribution in [0.3, 0.4) is 0 Å². The lowest BCUT2D eigenvalue weighted by Crippen LogP contribution is -2.21. The number of carbonyl (C=O) groups excluding carboxylic acids is 1. The molecule has 18 heavy (non-hydrogen) atoms. The number of methoxy groups -OCH3 is 1. The molecule has 1 heterocycles. The van der Waals surface area contributed by atoms with Crippen molar-refractivity contribution in [2.75, 3.05) is 31.2 Å². The highest BCUT2D eigenvalue weighted by molar-refractivity contribution is 7.92. The van der Waals surface area contributed by atoms with Gasteiger partial charge in [0.25, 0.3) is 0 Å². The molecule has 0 aromatic carbocycles. The van der Waals surface area contributed by atoms with Crippen LogP contribution in [-0.4, -0.2) is 40.8 Å². The van der Waals surface area contributed by atoms with E-state index in [1.165, 1.54) is 7.11 Å². The zero-order valence-corrected chi connectivity index (χ0v) is 11.9. The predicted molar refractivity (Wildman–Crippen MR) is 71.6 cm³/mol. The van der Waals surface area contributed by atoms with Crippen LogP contribution in [0.4, 0.5) is 5.69 Å². The van der Waals surface area contributed by atoms with Gasteiger partial charge in [0.05, 0.1) is 18.6 Å². The first kappa shape index (κ1) is 14.9. The summed E-state index contributed by atoms with van der Waals surface area (Å²) in [5.41, 5.74) is 0.274. The highest BCUT2D eigenvalue weighted by Crippen LogP contribution is 2.24. The Balaban J connectivity index is 2.72. The summed E-state index contributed by atoms with van der Waals surface area (Å²) < 4.78 is 30.5. The normalized spacial score (nSPS) is 11.2. The van der Waals surface area contributed by atoms with E-state index in [1.54, 1.807) is 18.5 Å². The number of thiophene rings is 1. The maximum Gasteiger partial charge on any atom is 0.350 e. The van der Waals surface area contributed by atoms with Crippen molar-refractivity contribution in [3.63, 3.8) is 0 Å². The van der Waals surface area contributed by atoms with Crippen molar-refractivity contribution in [1.82, 2.24) is 5.32 Å². The van der Waals surface area contributed by atoms with Crippen LogP contribution in [-0.2, 0) is 14.8 Å². The molecule has 6 nitrogen and oxygen atoms in total. The van der Waals surface area contributed by atoms with Gasteiger partial charge >= 0.3 is 5.97 Å². The lowest BCUT2D eigenvalue weighted by atomic mass is 10.4. The fraction of sp³-hybridized carbons (Fsp3) is 0.500. The molecule has 8 heteroatoms. The van der Waals surface area contributed by atoms with E-state index >= 15 is 0 Å². The minimum Gasteiger partial charge on any atom is -0.465 e. The van der Waals surface area contributed by atoms with E-state index in [0.717, 1.165) is 11.3 Å². The highest BCUT2D eigenvalue weighted by atomic mass is 32.2. The van der Waals surface area contributed by atoms with Gasteiger partial charge in [-0.25, -0.2) is 13.2 Å². The Labute approximate surface area is 110 Å². The summed E-state index contributed by atoms with van der Waals surface area (Å²) in [7, 11) is -0.417. The second kappa shape index (κ2) is 6.72. The molecule has 0 atom stereocenters. The third-order valence-corrected chi connectivity index (χ3v) is 4.39. The number of sulfonamides is 1. The smallest absolute Gasteiger partial charge is 0.350 e. The molecule has 0 amide bonds. The molecule has 0 saturated carbocycles. The van der Waals surface area contributed by atoms with Crippen LogP contribution >= 0.6 is 11.3 Å². The maximum absolute atomic E-state index is 11.7. The molecular formula is C10H16N2O4S2. The van der Waals surface area contributed by atoms with E-state index in [0.29, 0.717) is 13.0 Å². The second-order valence-electron chi connectivity index (χ2n) is 3.53. The number of carbonyl (C=O) groups is 1. The number of hydrogen-bond acceptors (Lipinski definition) is 6. The van der Waals surface area contributed by atoms with E-state index in [1.807, 2.05) is 0 Å². The summed E-state index contributed by atoms with van der Waals surface area (Å²) in [6, 6.07) is 1.55. The summed E-state index contributed by atoms with van der Waals surface area (Å²) in [4.78, 5) is 11.6. The first-order valence-electron chi connectivity index (χ1n) is 5.31. The molecule has 0 aliphatic carbocycles. The monoisotopic (exact) mass is 292 g/mol. The first-order chi connectivity index (χ1) is 8.50. The van der Waals surface area contributed by atoms with Gasteiger partial charge in [0.1, 0.15) is 4.88 Å². The highest BCUT2D eigenvalue weighted by Gasteiger charge is 2.18. The minimum atomic E-state index is -3.43. The quantitative estimate of drug-likeness (QED) is 0.576. The Morgan fingerprint density at radius 2 is 2.22 bits per heavy atom. The average Bonchev–Trinajstić information content (AvgIpc) is 2.75. The van der Waals surface area contributed by atoms with Crippen LogP contribution < -0.4 is 10.0 Å². The van der Waals surface area contributed by atoms with Crippen molar-refractivity contribution < 1.29 is 17.9 Å². The van der Waals surface area contributed by atoms with Gasteiger partial charge in [-0.2, -0.15) is 0 Å². The lowest BCUT2D eigenvalue weighted by Gasteiger charge is -2.07. The van der Waals surface area contributed by atoms with Crippen molar-refractivity contribution in [2.24, 2.45) is 0 Å². The summed E-state index contributed by atoms with van der Waals surface area (Å²) >= 11 is 1.14. The number of ether oxygens (including phenoxy) is 1. The molecule has 1 aromatic heterocycles. The molecule has 0 fully saturated rings. The summed E-state index contributed by atoms with van der Waals surface area (Å²) in [5, 5.41) is 4.51. The van der Waals surface area contributed by atoms with Gasteiger partial charge in [-0.3, -0.25) is 4.72 Å². The van der Waals surface area contributed by atoms with Gasteiger partial charge in [0, 0.05) is 0 Å². The molecule has 0 saturated heterocycles. The van der Waals surface area contributed by atoms with Gasteiger partial charge < -0.3 is 10.1 Å². The molecule has 1 aromatic rings. The fourth-order valence-electron chi connectivity index (χ4n) is 1.30. The molecule has 0 spiro atoms. The molecule has 102 valence electrons. The predicted octanol–water partition coefficient (Wildman–Crippen LogP) is 0.886. The Hall–Kier alpha value is -1.12. The van der Waals surface area contributed by atoms with Crippen LogP contribution in [0, 0.1) is 0 Å². The van der Waals surface area contributed by atoms with E-state index in [-0.39, 0.29) is 16.3 Å². The fourth-order valence-corrected chi connectivity index (χ4v) is 3.26. The number of nitrogens with one attached hydrogen (secondary N) is 2. The summed E-state index contributed by atoms with van der Waals surface area (Å²) in [6.45, 7) is 0.619. The van der Waals surface area contributed by atoms with Gasteiger partial charge in [0.15, 0.2) is 0 Å². The average molecular weight is 292 g/mol. The molecule has 0 aliphatic heterocycles. The molecule has 0 bridgehead atoms. The topological polar surface area (TPSA) is 84.5 Å². The third-order valence-electron chi connectivity index (χ3n) is 2.14. The third kappa shape index (κ3) is 4.28. The van der Waals surface area contributed by atoms with E-state index in [9.17, 15) is 13.2 Å². The minimum absolute atomic E-state index is 0.00427. The zero-order chi connectivity index (χ0) is 13.6. The first-order valence-corrected chi connectivity index (χ1v) is 7.84. The van der Waals surface area contributed by atoms with Gasteiger partial charge in [-0.1, -0.05) is 0 Å². The van der Waals surface area contributed by atoms with E-state index in [2.05, 4.69) is 14.8 Å². The van der Waals surface area contributed by atoms with Crippen molar-refractivity contribution in [3.05, 3.63) is 16.3 Å². The Kier molecular flexibility index (Phi) is 5.57. The molecular weight excluding hydrogens is 276 g/mol. The van der Waals surface area contributed by atoms with Crippen molar-refractivity contribution in [2.45, 2.75) is 6.42 Å². The molecule has 0 radical (unpaired) electrons. The van der Waals surface area contributed by atoms with Gasteiger partial charge in [-0.05, 0) is 31.5 Å². The van der Waals surface area contributed by atoms with Crippen molar-refractivity contribution >= 4 is 33.0 Å². The van der Waals surface area contributed by atoms with Crippen LogP contribution in [0.2, 0.25) is 0 Å². The van der Waals surface area contributed by atoms with Gasteiger partial charge in [-0.15, -0.1) is 11.3 Å². The van der Waals surface area contributed by atoms with Crippen LogP contribution in [0.1, 0.15) is 16.1 Å². The molecule has 1 rings (SSSR count). The Bertz CT molecular complexity index is 496. The number of esters is 1. The van der Waals surface area contributed by atoms with Gasteiger partial charge in [0.2, 0.25) is 10.0 Å².